The largest absolute Gasteiger partial charge is 0.334 e. The second-order valence-electron chi connectivity index (χ2n) is 6.20. The molecule has 0 spiro atoms. The van der Waals surface area contributed by atoms with Crippen LogP contribution in [0.1, 0.15) is 31.2 Å². The minimum atomic E-state index is -0.0165. The van der Waals surface area contributed by atoms with Gasteiger partial charge >= 0.3 is 6.03 Å². The number of halogens is 1. The van der Waals surface area contributed by atoms with Gasteiger partial charge in [-0.05, 0) is 49.5 Å². The first-order valence-corrected chi connectivity index (χ1v) is 8.21. The zero-order chi connectivity index (χ0) is 15.6. The minimum Gasteiger partial charge on any atom is -0.334 e. The molecule has 0 radical (unpaired) electrons. The maximum absolute atomic E-state index is 12.0. The van der Waals surface area contributed by atoms with Crippen molar-refractivity contribution in [1.29, 1.82) is 0 Å². The summed E-state index contributed by atoms with van der Waals surface area (Å²) in [5, 5.41) is 3.62. The molecule has 0 unspecified atom stereocenters. The third-order valence-corrected chi connectivity index (χ3v) is 5.24. The molecule has 2 aliphatic rings. The molecule has 22 heavy (non-hydrogen) atoms. The summed E-state index contributed by atoms with van der Waals surface area (Å²) in [6.45, 7) is 1.24. The average molecular weight is 320 g/mol. The summed E-state index contributed by atoms with van der Waals surface area (Å²) < 4.78 is 0. The van der Waals surface area contributed by atoms with Crippen LogP contribution < -0.4 is 11.1 Å². The van der Waals surface area contributed by atoms with E-state index in [2.05, 4.69) is 11.4 Å². The zero-order valence-electron chi connectivity index (χ0n) is 12.6. The van der Waals surface area contributed by atoms with Gasteiger partial charge in [0.05, 0.1) is 0 Å². The SMILES string of the molecule is NCC1(c2cccc(Cl)c2)CCC(N2C=CCNC2=O)CC1. The van der Waals surface area contributed by atoms with Crippen molar-refractivity contribution in [2.75, 3.05) is 13.1 Å². The highest BCUT2D eigenvalue weighted by atomic mass is 35.5. The molecule has 1 aliphatic carbocycles. The van der Waals surface area contributed by atoms with Gasteiger partial charge in [0.2, 0.25) is 0 Å². The third kappa shape index (κ3) is 2.85. The lowest BCUT2D eigenvalue weighted by Gasteiger charge is -2.43. The summed E-state index contributed by atoms with van der Waals surface area (Å²) in [4.78, 5) is 13.8. The Morgan fingerprint density at radius 2 is 2.14 bits per heavy atom. The van der Waals surface area contributed by atoms with Crippen molar-refractivity contribution in [3.63, 3.8) is 0 Å². The molecule has 1 saturated carbocycles. The second kappa shape index (κ2) is 6.31. The van der Waals surface area contributed by atoms with Gasteiger partial charge in [0.15, 0.2) is 0 Å². The molecule has 0 bridgehead atoms. The van der Waals surface area contributed by atoms with Crippen molar-refractivity contribution in [2.45, 2.75) is 37.1 Å². The normalized spacial score (nSPS) is 28.5. The average Bonchev–Trinajstić information content (AvgIpc) is 2.55. The molecule has 1 aliphatic heterocycles. The Balaban J connectivity index is 1.75. The van der Waals surface area contributed by atoms with E-state index in [4.69, 9.17) is 17.3 Å². The summed E-state index contributed by atoms with van der Waals surface area (Å²) in [6.07, 6.45) is 7.78. The number of hydrogen-bond donors (Lipinski definition) is 2. The first-order chi connectivity index (χ1) is 10.6. The zero-order valence-corrected chi connectivity index (χ0v) is 13.4. The number of hydrogen-bond acceptors (Lipinski definition) is 2. The second-order valence-corrected chi connectivity index (χ2v) is 6.64. The number of carbonyl (C=O) groups excluding carboxylic acids is 1. The van der Waals surface area contributed by atoms with Crippen LogP contribution in [0.15, 0.2) is 36.5 Å². The van der Waals surface area contributed by atoms with Crippen molar-refractivity contribution >= 4 is 17.6 Å². The van der Waals surface area contributed by atoms with E-state index in [1.54, 1.807) is 0 Å². The van der Waals surface area contributed by atoms with Crippen LogP contribution in [0.3, 0.4) is 0 Å². The summed E-state index contributed by atoms with van der Waals surface area (Å²) in [5.74, 6) is 0. The maximum Gasteiger partial charge on any atom is 0.321 e. The van der Waals surface area contributed by atoms with E-state index in [0.717, 1.165) is 30.7 Å². The van der Waals surface area contributed by atoms with Crippen LogP contribution in [0.25, 0.3) is 0 Å². The smallest absolute Gasteiger partial charge is 0.321 e. The number of benzene rings is 1. The molecule has 118 valence electrons. The number of carbonyl (C=O) groups is 1. The molecule has 1 fully saturated rings. The van der Waals surface area contributed by atoms with Gasteiger partial charge in [0.1, 0.15) is 0 Å². The van der Waals surface area contributed by atoms with Gasteiger partial charge < -0.3 is 11.1 Å². The monoisotopic (exact) mass is 319 g/mol. The number of rotatable bonds is 3. The molecule has 1 aromatic carbocycles. The highest BCUT2D eigenvalue weighted by Crippen LogP contribution is 2.41. The third-order valence-electron chi connectivity index (χ3n) is 5.01. The quantitative estimate of drug-likeness (QED) is 0.899. The fourth-order valence-electron chi connectivity index (χ4n) is 3.62. The van der Waals surface area contributed by atoms with Crippen LogP contribution in [0.2, 0.25) is 5.02 Å². The molecule has 1 heterocycles. The Bertz CT molecular complexity index is 579. The fourth-order valence-corrected chi connectivity index (χ4v) is 3.81. The fraction of sp³-hybridized carbons (Fsp3) is 0.471. The predicted molar refractivity (Wildman–Crippen MR) is 88.8 cm³/mol. The number of nitrogens with zero attached hydrogens (tertiary/aromatic N) is 1. The van der Waals surface area contributed by atoms with E-state index < -0.39 is 0 Å². The van der Waals surface area contributed by atoms with Crippen molar-refractivity contribution in [1.82, 2.24) is 10.2 Å². The standard InChI is InChI=1S/C17H22ClN3O/c18-14-4-1-3-13(11-14)17(12-19)7-5-15(6-8-17)21-10-2-9-20-16(21)22/h1-4,10-11,15H,5-9,12,19H2,(H,20,22). The Morgan fingerprint density at radius 1 is 1.36 bits per heavy atom. The molecular weight excluding hydrogens is 298 g/mol. The van der Waals surface area contributed by atoms with Gasteiger partial charge in [-0.2, -0.15) is 0 Å². The van der Waals surface area contributed by atoms with Gasteiger partial charge in [-0.3, -0.25) is 4.90 Å². The highest BCUT2D eigenvalue weighted by molar-refractivity contribution is 6.30. The van der Waals surface area contributed by atoms with Crippen molar-refractivity contribution in [3.8, 4) is 0 Å². The van der Waals surface area contributed by atoms with Crippen molar-refractivity contribution < 1.29 is 4.79 Å². The lowest BCUT2D eigenvalue weighted by atomic mass is 9.68. The molecule has 0 aromatic heterocycles. The van der Waals surface area contributed by atoms with E-state index >= 15 is 0 Å². The summed E-state index contributed by atoms with van der Waals surface area (Å²) in [7, 11) is 0. The molecule has 0 atom stereocenters. The molecule has 5 heteroatoms. The van der Waals surface area contributed by atoms with Crippen LogP contribution in [-0.4, -0.2) is 30.1 Å². The van der Waals surface area contributed by atoms with Crippen molar-refractivity contribution in [2.24, 2.45) is 5.73 Å². The number of amides is 2. The van der Waals surface area contributed by atoms with Crippen LogP contribution in [-0.2, 0) is 5.41 Å². The summed E-state index contributed by atoms with van der Waals surface area (Å²) in [6, 6.07) is 8.30. The molecule has 1 aromatic rings. The van der Waals surface area contributed by atoms with Gasteiger partial charge in [0.25, 0.3) is 0 Å². The molecule has 3 N–H and O–H groups in total. The molecule has 0 saturated heterocycles. The highest BCUT2D eigenvalue weighted by Gasteiger charge is 2.38. The van der Waals surface area contributed by atoms with E-state index in [1.807, 2.05) is 35.4 Å². The van der Waals surface area contributed by atoms with Crippen LogP contribution in [0.4, 0.5) is 4.79 Å². The number of nitrogens with one attached hydrogen (secondary N) is 1. The minimum absolute atomic E-state index is 0.00973. The summed E-state index contributed by atoms with van der Waals surface area (Å²) >= 11 is 6.14. The Kier molecular flexibility index (Phi) is 4.41. The number of urea groups is 1. The summed E-state index contributed by atoms with van der Waals surface area (Å²) in [5.41, 5.74) is 7.33. The molecular formula is C17H22ClN3O. The first-order valence-electron chi connectivity index (χ1n) is 7.84. The van der Waals surface area contributed by atoms with Crippen molar-refractivity contribution in [3.05, 3.63) is 47.1 Å². The van der Waals surface area contributed by atoms with Gasteiger partial charge in [-0.25, -0.2) is 4.79 Å². The molecule has 4 nitrogen and oxygen atoms in total. The van der Waals surface area contributed by atoms with Crippen LogP contribution in [0.5, 0.6) is 0 Å². The van der Waals surface area contributed by atoms with E-state index in [0.29, 0.717) is 13.1 Å². The van der Waals surface area contributed by atoms with Gasteiger partial charge in [0, 0.05) is 35.8 Å². The van der Waals surface area contributed by atoms with E-state index in [9.17, 15) is 4.79 Å². The van der Waals surface area contributed by atoms with Crippen LogP contribution in [0, 0.1) is 0 Å². The van der Waals surface area contributed by atoms with Gasteiger partial charge in [-0.15, -0.1) is 0 Å². The predicted octanol–water partition coefficient (Wildman–Crippen LogP) is 3.02. The Labute approximate surface area is 136 Å². The lowest BCUT2D eigenvalue weighted by molar-refractivity contribution is 0.161. The topological polar surface area (TPSA) is 58.4 Å². The molecule has 3 rings (SSSR count). The first kappa shape index (κ1) is 15.4. The lowest BCUT2D eigenvalue weighted by Crippen LogP contribution is -2.49. The number of nitrogens with two attached hydrogens (primary N) is 1. The van der Waals surface area contributed by atoms with E-state index in [1.165, 1.54) is 5.56 Å². The van der Waals surface area contributed by atoms with Crippen LogP contribution >= 0.6 is 11.6 Å². The Morgan fingerprint density at radius 3 is 2.77 bits per heavy atom. The maximum atomic E-state index is 12.0. The Hall–Kier alpha value is -1.52. The molecule has 2 amide bonds. The van der Waals surface area contributed by atoms with E-state index in [-0.39, 0.29) is 17.5 Å². The van der Waals surface area contributed by atoms with Gasteiger partial charge in [-0.1, -0.05) is 23.7 Å².